The van der Waals surface area contributed by atoms with E-state index in [-0.39, 0.29) is 24.8 Å². The van der Waals surface area contributed by atoms with Crippen molar-refractivity contribution in [3.63, 3.8) is 0 Å². The summed E-state index contributed by atoms with van der Waals surface area (Å²) < 4.78 is 1.42. The largest absolute Gasteiger partial charge is 0.214 e. The normalized spacial score (nSPS) is 10.2. The maximum Gasteiger partial charge on any atom is -0.172 e. The SMILES string of the molecule is CC(C)c1ccc2c(c1)[cH-]c1cc(N(Cc3ccccc3)Cc3ccccc3)ccc12.[Cl-].[Cl-].[Zr+2]=[C](c1ccccc1)c1ccccc1.c1cc[cH-]c1. The van der Waals surface area contributed by atoms with E-state index in [4.69, 9.17) is 0 Å². The van der Waals surface area contributed by atoms with Gasteiger partial charge in [0.15, 0.2) is 0 Å². The van der Waals surface area contributed by atoms with Gasteiger partial charge in [-0.05, 0) is 17.0 Å². The number of nitrogens with zero attached hydrogens (tertiary/aromatic N) is 1. The zero-order chi connectivity index (χ0) is 34.5. The average molecular weight is 796 g/mol. The molecule has 0 saturated carbocycles. The molecule has 0 fully saturated rings. The van der Waals surface area contributed by atoms with Crippen LogP contribution in [0.5, 0.6) is 0 Å². The summed E-state index contributed by atoms with van der Waals surface area (Å²) in [5, 5.41) is 5.35. The summed E-state index contributed by atoms with van der Waals surface area (Å²) in [6, 6.07) is 68.8. The van der Waals surface area contributed by atoms with Crippen molar-refractivity contribution in [3.8, 4) is 0 Å². The molecule has 0 saturated heterocycles. The van der Waals surface area contributed by atoms with Crippen molar-refractivity contribution >= 4 is 30.4 Å². The van der Waals surface area contributed by atoms with Gasteiger partial charge in [-0.15, -0.1) is 33.7 Å². The van der Waals surface area contributed by atoms with Crippen LogP contribution in [0.15, 0.2) is 194 Å². The predicted octanol–water partition coefficient (Wildman–Crippen LogP) is 6.26. The molecule has 0 aromatic heterocycles. The number of halogens is 2. The van der Waals surface area contributed by atoms with Crippen molar-refractivity contribution in [2.45, 2.75) is 32.9 Å². The van der Waals surface area contributed by atoms with Crippen LogP contribution >= 0.6 is 0 Å². The maximum absolute atomic E-state index is 2.47. The number of anilines is 1. The van der Waals surface area contributed by atoms with E-state index < -0.39 is 0 Å². The van der Waals surface area contributed by atoms with Gasteiger partial charge in [0.1, 0.15) is 0 Å². The van der Waals surface area contributed by atoms with Crippen LogP contribution in [-0.2, 0) is 37.3 Å². The quantitative estimate of drug-likeness (QED) is 0.165. The third kappa shape index (κ3) is 11.1. The van der Waals surface area contributed by atoms with Gasteiger partial charge in [-0.2, -0.15) is 18.2 Å². The molecule has 0 atom stereocenters. The molecule has 0 aliphatic carbocycles. The van der Waals surface area contributed by atoms with Crippen molar-refractivity contribution in [1.82, 2.24) is 0 Å². The molecule has 8 aromatic carbocycles. The number of benzene rings is 6. The van der Waals surface area contributed by atoms with E-state index in [0.29, 0.717) is 5.92 Å². The summed E-state index contributed by atoms with van der Waals surface area (Å²) in [6.45, 7) is 6.29. The number of hydrogen-bond donors (Lipinski definition) is 0. The Morgan fingerprint density at radius 1 is 0.538 bits per heavy atom. The molecule has 0 amide bonds. The first kappa shape index (κ1) is 40.4. The monoisotopic (exact) mass is 793 g/mol. The van der Waals surface area contributed by atoms with Gasteiger partial charge in [-0.3, -0.25) is 0 Å². The van der Waals surface area contributed by atoms with E-state index in [2.05, 4.69) is 183 Å². The summed E-state index contributed by atoms with van der Waals surface area (Å²) in [5.41, 5.74) is 7.98. The average Bonchev–Trinajstić information content (AvgIpc) is 3.88. The molecule has 260 valence electrons. The van der Waals surface area contributed by atoms with E-state index in [9.17, 15) is 0 Å². The van der Waals surface area contributed by atoms with Gasteiger partial charge in [0, 0.05) is 18.8 Å². The second-order valence-corrected chi connectivity index (χ2v) is 14.0. The zero-order valence-electron chi connectivity index (χ0n) is 29.7. The second kappa shape index (κ2) is 20.6. The molecule has 1 nitrogen and oxygen atoms in total. The van der Waals surface area contributed by atoms with Crippen LogP contribution in [0.25, 0.3) is 21.5 Å². The summed E-state index contributed by atoms with van der Waals surface area (Å²) >= 11 is 1.46. The number of hydrogen-bond acceptors (Lipinski definition) is 1. The first-order valence-electron chi connectivity index (χ1n) is 17.4. The molecular formula is C48H43Cl2NZr-2. The van der Waals surface area contributed by atoms with Gasteiger partial charge in [-0.25, -0.2) is 12.1 Å². The predicted molar refractivity (Wildman–Crippen MR) is 212 cm³/mol. The summed E-state index contributed by atoms with van der Waals surface area (Å²) in [7, 11) is 0. The smallest absolute Gasteiger partial charge is 0.172 e. The van der Waals surface area contributed by atoms with E-state index in [0.717, 1.165) is 13.1 Å². The van der Waals surface area contributed by atoms with Crippen LogP contribution in [0.3, 0.4) is 0 Å². The Hall–Kier alpha value is -4.33. The minimum absolute atomic E-state index is 0. The molecular weight excluding hydrogens is 753 g/mol. The van der Waals surface area contributed by atoms with Gasteiger partial charge < -0.3 is 29.7 Å². The van der Waals surface area contributed by atoms with Crippen molar-refractivity contribution in [2.75, 3.05) is 4.90 Å². The third-order valence-corrected chi connectivity index (χ3v) is 10.3. The molecule has 0 bridgehead atoms. The Morgan fingerprint density at radius 2 is 0.981 bits per heavy atom. The van der Waals surface area contributed by atoms with E-state index in [1.54, 1.807) is 0 Å². The standard InChI is InChI=1S/C30H28N.C13H10.C5H5.2ClH.Zr/c1-22(2)25-13-15-29-26(17-25)18-27-19-28(14-16-30(27)29)31(20-23-9-5-3-6-10-23)21-24-11-7-4-8-12-24;1-3-7-12(8-4-1)11-13-9-5-2-6-10-13;1-2-4-5-3-1;;;/h3-19,22H,20-21H2,1-2H3;1-10H;1-5H;2*1H;/q-1;;-1;;;+2/p-2. The summed E-state index contributed by atoms with van der Waals surface area (Å²) in [5.74, 6) is 0.546. The Bertz CT molecular complexity index is 2090. The molecule has 8 rings (SSSR count). The van der Waals surface area contributed by atoms with Crippen molar-refractivity contribution in [1.29, 1.82) is 0 Å². The first-order chi connectivity index (χ1) is 24.5. The Kier molecular flexibility index (Phi) is 16.1. The van der Waals surface area contributed by atoms with Crippen LogP contribution in [0.1, 0.15) is 47.6 Å². The fourth-order valence-electron chi connectivity index (χ4n) is 6.13. The van der Waals surface area contributed by atoms with Crippen LogP contribution in [-0.4, -0.2) is 3.21 Å². The molecule has 0 aliphatic rings. The van der Waals surface area contributed by atoms with Crippen molar-refractivity contribution < 1.29 is 49.0 Å². The molecule has 0 unspecified atom stereocenters. The molecule has 8 aromatic rings. The third-order valence-electron chi connectivity index (χ3n) is 8.86. The summed E-state index contributed by atoms with van der Waals surface area (Å²) in [6.07, 6.45) is 0. The number of fused-ring (bicyclic) bond motifs is 3. The topological polar surface area (TPSA) is 3.24 Å². The Morgan fingerprint density at radius 3 is 1.42 bits per heavy atom. The van der Waals surface area contributed by atoms with Crippen LogP contribution < -0.4 is 29.7 Å². The molecule has 4 heteroatoms. The molecule has 0 radical (unpaired) electrons. The molecule has 0 aliphatic heterocycles. The zero-order valence-corrected chi connectivity index (χ0v) is 33.6. The van der Waals surface area contributed by atoms with Gasteiger partial charge in [0.05, 0.1) is 0 Å². The molecule has 0 heterocycles. The Balaban J connectivity index is 0.000000238. The molecule has 0 N–H and O–H groups in total. The number of rotatable bonds is 8. The van der Waals surface area contributed by atoms with Gasteiger partial charge in [-0.1, -0.05) is 110 Å². The van der Waals surface area contributed by atoms with E-state index in [1.165, 1.54) is 82.5 Å². The summed E-state index contributed by atoms with van der Waals surface area (Å²) in [4.78, 5) is 2.47. The van der Waals surface area contributed by atoms with Crippen molar-refractivity contribution in [2.24, 2.45) is 0 Å². The first-order valence-corrected chi connectivity index (χ1v) is 18.6. The van der Waals surface area contributed by atoms with E-state index >= 15 is 0 Å². The fourth-order valence-corrected chi connectivity index (χ4v) is 6.95. The van der Waals surface area contributed by atoms with Gasteiger partial charge in [0.25, 0.3) is 0 Å². The van der Waals surface area contributed by atoms with E-state index in [1.807, 2.05) is 30.3 Å². The van der Waals surface area contributed by atoms with Gasteiger partial charge >= 0.3 is 99.2 Å². The van der Waals surface area contributed by atoms with Crippen LogP contribution in [0.2, 0.25) is 0 Å². The van der Waals surface area contributed by atoms with Gasteiger partial charge in [0.2, 0.25) is 0 Å². The molecule has 0 spiro atoms. The second-order valence-electron chi connectivity index (χ2n) is 12.8. The van der Waals surface area contributed by atoms with Crippen molar-refractivity contribution in [3.05, 3.63) is 222 Å². The van der Waals surface area contributed by atoms with Crippen LogP contribution in [0.4, 0.5) is 5.69 Å². The Labute approximate surface area is 336 Å². The fraction of sp³-hybridized carbons (Fsp3) is 0.104. The molecule has 52 heavy (non-hydrogen) atoms. The maximum atomic E-state index is 2.47. The minimum Gasteiger partial charge on any atom is -0.214 e. The minimum atomic E-state index is 0. The van der Waals surface area contributed by atoms with Crippen LogP contribution in [0, 0.1) is 0 Å².